The Kier molecular flexibility index (Phi) is 8.92. The van der Waals surface area contributed by atoms with Crippen molar-refractivity contribution >= 4 is 0 Å². The van der Waals surface area contributed by atoms with Gasteiger partial charge in [-0.1, -0.05) is 38.5 Å². The maximum atomic E-state index is 10.2. The molecule has 1 unspecified atom stereocenters. The maximum Gasteiger partial charge on any atom is 0.0845 e. The van der Waals surface area contributed by atoms with Gasteiger partial charge in [-0.2, -0.15) is 5.26 Å². The molecule has 5 heteroatoms. The van der Waals surface area contributed by atoms with Gasteiger partial charge in [0.2, 0.25) is 0 Å². The number of benzene rings is 1. The number of aliphatic hydroxyl groups is 2. The van der Waals surface area contributed by atoms with E-state index >= 15 is 0 Å². The molecule has 2 saturated heterocycles. The number of hydrogen-bond acceptors (Lipinski definition) is 5. The lowest BCUT2D eigenvalue weighted by Crippen LogP contribution is -2.47. The van der Waals surface area contributed by atoms with Gasteiger partial charge < -0.3 is 20.0 Å². The third-order valence-electron chi connectivity index (χ3n) is 7.76. The van der Waals surface area contributed by atoms with E-state index in [1.54, 1.807) is 0 Å². The molecule has 1 atom stereocenters. The maximum absolute atomic E-state index is 10.2. The Hall–Kier alpha value is -1.45. The van der Waals surface area contributed by atoms with E-state index in [0.29, 0.717) is 0 Å². The van der Waals surface area contributed by atoms with Crippen LogP contribution in [0.3, 0.4) is 0 Å². The standard InChI is InChI=1S/C26H41N3O2/c1-21(2)26(20-27,24-8-7-22(18-30)23(17-24)19-31)11-6-12-28-15-9-25(10-16-28)29-13-4-3-5-14-29/h7-8,17,21,25,30-31H,3-6,9-16,18-19H2,1-2H3. The van der Waals surface area contributed by atoms with E-state index < -0.39 is 5.41 Å². The Labute approximate surface area is 188 Å². The van der Waals surface area contributed by atoms with Gasteiger partial charge in [-0.3, -0.25) is 0 Å². The van der Waals surface area contributed by atoms with Gasteiger partial charge in [-0.05, 0) is 93.9 Å². The Bertz CT molecular complexity index is 731. The lowest BCUT2D eigenvalue weighted by molar-refractivity contribution is 0.0909. The number of rotatable bonds is 9. The zero-order valence-electron chi connectivity index (χ0n) is 19.5. The monoisotopic (exact) mass is 427 g/mol. The minimum atomic E-state index is -0.565. The van der Waals surface area contributed by atoms with Crippen molar-refractivity contribution in [1.29, 1.82) is 5.26 Å². The van der Waals surface area contributed by atoms with Gasteiger partial charge in [0.05, 0.1) is 24.7 Å². The van der Waals surface area contributed by atoms with E-state index in [1.165, 1.54) is 58.3 Å². The van der Waals surface area contributed by atoms with E-state index in [-0.39, 0.29) is 19.1 Å². The molecule has 0 spiro atoms. The molecule has 0 bridgehead atoms. The summed E-state index contributed by atoms with van der Waals surface area (Å²) < 4.78 is 0. The summed E-state index contributed by atoms with van der Waals surface area (Å²) in [6.07, 6.45) is 8.49. The van der Waals surface area contributed by atoms with Crippen molar-refractivity contribution in [3.63, 3.8) is 0 Å². The van der Waals surface area contributed by atoms with Crippen molar-refractivity contribution in [2.45, 2.75) is 83.5 Å². The van der Waals surface area contributed by atoms with Crippen LogP contribution in [0, 0.1) is 17.2 Å². The largest absolute Gasteiger partial charge is 0.392 e. The first-order valence-corrected chi connectivity index (χ1v) is 12.3. The lowest BCUT2D eigenvalue weighted by atomic mass is 9.69. The van der Waals surface area contributed by atoms with Crippen molar-refractivity contribution in [2.75, 3.05) is 32.7 Å². The van der Waals surface area contributed by atoms with Crippen LogP contribution in [-0.4, -0.2) is 58.8 Å². The van der Waals surface area contributed by atoms with Gasteiger partial charge in [0.1, 0.15) is 0 Å². The summed E-state index contributed by atoms with van der Waals surface area (Å²) in [5.41, 5.74) is 1.86. The molecule has 2 N–H and O–H groups in total. The van der Waals surface area contributed by atoms with E-state index in [2.05, 4.69) is 29.7 Å². The summed E-state index contributed by atoms with van der Waals surface area (Å²) in [5, 5.41) is 29.4. The Morgan fingerprint density at radius 2 is 1.71 bits per heavy atom. The van der Waals surface area contributed by atoms with Crippen LogP contribution in [0.4, 0.5) is 0 Å². The van der Waals surface area contributed by atoms with E-state index in [1.807, 2.05) is 18.2 Å². The third-order valence-corrected chi connectivity index (χ3v) is 7.76. The molecule has 31 heavy (non-hydrogen) atoms. The zero-order chi connectivity index (χ0) is 22.3. The van der Waals surface area contributed by atoms with E-state index in [4.69, 9.17) is 0 Å². The number of piperidine rings is 2. The van der Waals surface area contributed by atoms with Crippen LogP contribution in [-0.2, 0) is 18.6 Å². The summed E-state index contributed by atoms with van der Waals surface area (Å²) >= 11 is 0. The third kappa shape index (κ3) is 5.68. The second-order valence-electron chi connectivity index (χ2n) is 9.81. The lowest BCUT2D eigenvalue weighted by Gasteiger charge is -2.40. The summed E-state index contributed by atoms with van der Waals surface area (Å²) in [6, 6.07) is 9.17. The van der Waals surface area contributed by atoms with Crippen molar-refractivity contribution in [2.24, 2.45) is 5.92 Å². The smallest absolute Gasteiger partial charge is 0.0845 e. The highest BCUT2D eigenvalue weighted by Gasteiger charge is 2.36. The molecule has 1 aromatic carbocycles. The molecule has 1 aromatic rings. The van der Waals surface area contributed by atoms with Crippen LogP contribution in [0.2, 0.25) is 0 Å². The molecule has 0 radical (unpaired) electrons. The molecule has 5 nitrogen and oxygen atoms in total. The average molecular weight is 428 g/mol. The Morgan fingerprint density at radius 3 is 2.29 bits per heavy atom. The molecule has 2 aliphatic heterocycles. The molecule has 3 rings (SSSR count). The summed E-state index contributed by atoms with van der Waals surface area (Å²) in [5.74, 6) is 0.175. The summed E-state index contributed by atoms with van der Waals surface area (Å²) in [4.78, 5) is 5.30. The fourth-order valence-electron chi connectivity index (χ4n) is 5.59. The first-order valence-electron chi connectivity index (χ1n) is 12.3. The normalized spacial score (nSPS) is 21.2. The predicted molar refractivity (Wildman–Crippen MR) is 125 cm³/mol. The highest BCUT2D eigenvalue weighted by atomic mass is 16.3. The molecule has 172 valence electrons. The average Bonchev–Trinajstić information content (AvgIpc) is 2.82. The quantitative estimate of drug-likeness (QED) is 0.627. The van der Waals surface area contributed by atoms with Crippen molar-refractivity contribution in [3.8, 4) is 6.07 Å². The summed E-state index contributed by atoms with van der Waals surface area (Å²) in [6.45, 7) is 9.98. The topological polar surface area (TPSA) is 70.7 Å². The minimum Gasteiger partial charge on any atom is -0.392 e. The van der Waals surface area contributed by atoms with Crippen molar-refractivity contribution in [3.05, 3.63) is 34.9 Å². The molecular weight excluding hydrogens is 386 g/mol. The molecule has 2 heterocycles. The van der Waals surface area contributed by atoms with Crippen LogP contribution < -0.4 is 0 Å². The van der Waals surface area contributed by atoms with Crippen LogP contribution in [0.25, 0.3) is 0 Å². The fraction of sp³-hybridized carbons (Fsp3) is 0.731. The molecular formula is C26H41N3O2. The highest BCUT2D eigenvalue weighted by molar-refractivity contribution is 5.40. The van der Waals surface area contributed by atoms with Gasteiger partial charge in [0.15, 0.2) is 0 Å². The van der Waals surface area contributed by atoms with Crippen molar-refractivity contribution in [1.82, 2.24) is 9.80 Å². The SMILES string of the molecule is CC(C)C(C#N)(CCCN1CCC(N2CCCCC2)CC1)c1ccc(CO)c(CO)c1. The molecule has 2 aliphatic rings. The Morgan fingerprint density at radius 1 is 1.03 bits per heavy atom. The van der Waals surface area contributed by atoms with Gasteiger partial charge in [-0.25, -0.2) is 0 Å². The van der Waals surface area contributed by atoms with Gasteiger partial charge in [0, 0.05) is 6.04 Å². The van der Waals surface area contributed by atoms with Gasteiger partial charge in [-0.15, -0.1) is 0 Å². The van der Waals surface area contributed by atoms with Crippen LogP contribution in [0.5, 0.6) is 0 Å². The van der Waals surface area contributed by atoms with Gasteiger partial charge in [0.25, 0.3) is 0 Å². The first-order chi connectivity index (χ1) is 15.0. The highest BCUT2D eigenvalue weighted by Crippen LogP contribution is 2.37. The van der Waals surface area contributed by atoms with Crippen LogP contribution in [0.1, 0.15) is 75.5 Å². The number of nitriles is 1. The zero-order valence-corrected chi connectivity index (χ0v) is 19.5. The molecule has 0 saturated carbocycles. The summed E-state index contributed by atoms with van der Waals surface area (Å²) in [7, 11) is 0. The van der Waals surface area contributed by atoms with E-state index in [9.17, 15) is 15.5 Å². The number of likely N-dealkylation sites (tertiary alicyclic amines) is 2. The Balaban J connectivity index is 1.58. The van der Waals surface area contributed by atoms with Gasteiger partial charge >= 0.3 is 0 Å². The minimum absolute atomic E-state index is 0.0925. The second-order valence-corrected chi connectivity index (χ2v) is 9.81. The van der Waals surface area contributed by atoms with E-state index in [0.717, 1.165) is 42.1 Å². The molecule has 2 fully saturated rings. The fourth-order valence-corrected chi connectivity index (χ4v) is 5.59. The molecule has 0 aliphatic carbocycles. The molecule has 0 aromatic heterocycles. The van der Waals surface area contributed by atoms with Crippen molar-refractivity contribution < 1.29 is 10.2 Å². The predicted octanol–water partition coefficient (Wildman–Crippen LogP) is 3.82. The second kappa shape index (κ2) is 11.4. The first kappa shape index (κ1) is 24.2. The van der Waals surface area contributed by atoms with Crippen LogP contribution in [0.15, 0.2) is 18.2 Å². The number of hydrogen-bond donors (Lipinski definition) is 2. The number of nitrogens with zero attached hydrogens (tertiary/aromatic N) is 3. The van der Waals surface area contributed by atoms with Crippen LogP contribution >= 0.6 is 0 Å². The number of aliphatic hydroxyl groups excluding tert-OH is 2. The molecule has 0 amide bonds.